The molecule has 0 saturated carbocycles. The number of rotatable bonds is 5. The summed E-state index contributed by atoms with van der Waals surface area (Å²) in [5.41, 5.74) is 0.886. The highest BCUT2D eigenvalue weighted by Gasteiger charge is 2.41. The van der Waals surface area contributed by atoms with E-state index in [9.17, 15) is 18.0 Å². The topological polar surface area (TPSA) is 83.6 Å². The van der Waals surface area contributed by atoms with Crippen molar-refractivity contribution in [2.75, 3.05) is 24.6 Å². The molecule has 6 nitrogen and oxygen atoms in total. The third-order valence-electron chi connectivity index (χ3n) is 4.89. The second kappa shape index (κ2) is 7.74. The molecule has 0 radical (unpaired) electrons. The molecule has 0 aromatic heterocycles. The molecule has 9 heteroatoms. The molecule has 2 saturated heterocycles. The first-order chi connectivity index (χ1) is 12.2. The lowest BCUT2D eigenvalue weighted by atomic mass is 10.1. The molecular weight excluding hydrogens is 399 g/mol. The quantitative estimate of drug-likeness (QED) is 0.788. The van der Waals surface area contributed by atoms with Gasteiger partial charge >= 0.3 is 0 Å². The van der Waals surface area contributed by atoms with E-state index in [-0.39, 0.29) is 42.3 Å². The van der Waals surface area contributed by atoms with Crippen molar-refractivity contribution in [2.24, 2.45) is 5.92 Å². The number of sulfone groups is 1. The van der Waals surface area contributed by atoms with E-state index in [1.807, 2.05) is 6.07 Å². The summed E-state index contributed by atoms with van der Waals surface area (Å²) in [4.78, 5) is 26.1. The third-order valence-corrected chi connectivity index (χ3v) is 7.22. The standard InChI is InChI=1S/C17H20Cl2N2O4S/c18-13-2-1-11(15(19)8-13)3-5-20-17(23)12-7-16(22)21(9-12)14-4-6-26(24,25)10-14/h1-2,8,12,14H,3-7,9-10H2,(H,20,23)/t12-,14+/m1/s1. The first-order valence-corrected chi connectivity index (χ1v) is 11.0. The Morgan fingerprint density at radius 3 is 2.73 bits per heavy atom. The summed E-state index contributed by atoms with van der Waals surface area (Å²) in [5.74, 6) is -0.659. The van der Waals surface area contributed by atoms with E-state index in [0.717, 1.165) is 5.56 Å². The maximum Gasteiger partial charge on any atom is 0.225 e. The van der Waals surface area contributed by atoms with Crippen molar-refractivity contribution in [3.8, 4) is 0 Å². The van der Waals surface area contributed by atoms with E-state index in [0.29, 0.717) is 29.4 Å². The molecular formula is C17H20Cl2N2O4S. The lowest BCUT2D eigenvalue weighted by Crippen LogP contribution is -2.39. The number of hydrogen-bond donors (Lipinski definition) is 1. The molecule has 3 rings (SSSR count). The van der Waals surface area contributed by atoms with Crippen LogP contribution in [0.1, 0.15) is 18.4 Å². The van der Waals surface area contributed by atoms with Crippen molar-refractivity contribution in [2.45, 2.75) is 25.3 Å². The molecule has 2 aliphatic heterocycles. The average Bonchev–Trinajstić information content (AvgIpc) is 3.11. The zero-order valence-electron chi connectivity index (χ0n) is 14.1. The van der Waals surface area contributed by atoms with E-state index >= 15 is 0 Å². The molecule has 2 fully saturated rings. The number of carbonyl (C=O) groups excluding carboxylic acids is 2. The van der Waals surface area contributed by atoms with Gasteiger partial charge in [0.15, 0.2) is 9.84 Å². The summed E-state index contributed by atoms with van der Waals surface area (Å²) < 4.78 is 23.2. The maximum atomic E-state index is 12.3. The van der Waals surface area contributed by atoms with Gasteiger partial charge in [-0.2, -0.15) is 0 Å². The smallest absolute Gasteiger partial charge is 0.225 e. The SMILES string of the molecule is O=C(NCCc1ccc(Cl)cc1Cl)[C@@H]1CC(=O)N([C@H]2CCS(=O)(=O)C2)C1. The highest BCUT2D eigenvalue weighted by Crippen LogP contribution is 2.26. The molecule has 1 N–H and O–H groups in total. The van der Waals surface area contributed by atoms with E-state index in [1.165, 1.54) is 0 Å². The minimum atomic E-state index is -3.06. The van der Waals surface area contributed by atoms with Crippen LogP contribution < -0.4 is 5.32 Å². The Hall–Kier alpha value is -1.31. The van der Waals surface area contributed by atoms with E-state index in [2.05, 4.69) is 5.32 Å². The van der Waals surface area contributed by atoms with Crippen molar-refractivity contribution in [3.63, 3.8) is 0 Å². The molecule has 0 aliphatic carbocycles. The first kappa shape index (κ1) is 19.5. The summed E-state index contributed by atoms with van der Waals surface area (Å²) in [6.45, 7) is 0.690. The fraction of sp³-hybridized carbons (Fsp3) is 0.529. The predicted octanol–water partition coefficient (Wildman–Crippen LogP) is 1.69. The van der Waals surface area contributed by atoms with Gasteiger partial charge in [0.05, 0.1) is 17.4 Å². The van der Waals surface area contributed by atoms with Crippen molar-refractivity contribution in [3.05, 3.63) is 33.8 Å². The highest BCUT2D eigenvalue weighted by atomic mass is 35.5. The average molecular weight is 419 g/mol. The monoisotopic (exact) mass is 418 g/mol. The van der Waals surface area contributed by atoms with Gasteiger partial charge in [0.1, 0.15) is 0 Å². The van der Waals surface area contributed by atoms with Crippen molar-refractivity contribution < 1.29 is 18.0 Å². The van der Waals surface area contributed by atoms with E-state index in [1.54, 1.807) is 17.0 Å². The Balaban J connectivity index is 1.50. The molecule has 2 aliphatic rings. The van der Waals surface area contributed by atoms with E-state index < -0.39 is 15.8 Å². The number of nitrogens with zero attached hydrogens (tertiary/aromatic N) is 1. The number of amides is 2. The maximum absolute atomic E-state index is 12.3. The van der Waals surface area contributed by atoms with Gasteiger partial charge < -0.3 is 10.2 Å². The van der Waals surface area contributed by atoms with Crippen LogP contribution >= 0.6 is 23.2 Å². The summed E-state index contributed by atoms with van der Waals surface area (Å²) >= 11 is 12.0. The number of hydrogen-bond acceptors (Lipinski definition) is 4. The summed E-state index contributed by atoms with van der Waals surface area (Å²) in [5, 5.41) is 3.94. The molecule has 142 valence electrons. The van der Waals surface area contributed by atoms with Crippen LogP contribution in [0.4, 0.5) is 0 Å². The Kier molecular flexibility index (Phi) is 5.79. The van der Waals surface area contributed by atoms with Gasteiger partial charge in [0, 0.05) is 35.6 Å². The van der Waals surface area contributed by atoms with Crippen LogP contribution in [0, 0.1) is 5.92 Å². The summed E-state index contributed by atoms with van der Waals surface area (Å²) in [6.07, 6.45) is 1.15. The van der Waals surface area contributed by atoms with Crippen LogP contribution in [0.25, 0.3) is 0 Å². The molecule has 26 heavy (non-hydrogen) atoms. The van der Waals surface area contributed by atoms with Crippen LogP contribution in [-0.4, -0.2) is 55.8 Å². The van der Waals surface area contributed by atoms with Crippen LogP contribution in [0.5, 0.6) is 0 Å². The van der Waals surface area contributed by atoms with Crippen molar-refractivity contribution >= 4 is 44.9 Å². The number of benzene rings is 1. The summed E-state index contributed by atoms with van der Waals surface area (Å²) in [6, 6.07) is 4.92. The van der Waals surface area contributed by atoms with Crippen LogP contribution in [0.15, 0.2) is 18.2 Å². The molecule has 0 unspecified atom stereocenters. The fourth-order valence-electron chi connectivity index (χ4n) is 3.47. The first-order valence-electron chi connectivity index (χ1n) is 8.47. The van der Waals surface area contributed by atoms with Crippen molar-refractivity contribution in [1.29, 1.82) is 0 Å². The van der Waals surface area contributed by atoms with Gasteiger partial charge in [-0.25, -0.2) is 8.42 Å². The Labute approximate surface area is 162 Å². The Morgan fingerprint density at radius 1 is 1.31 bits per heavy atom. The van der Waals surface area contributed by atoms with Gasteiger partial charge in [0.2, 0.25) is 11.8 Å². The fourth-order valence-corrected chi connectivity index (χ4v) is 5.70. The van der Waals surface area contributed by atoms with Crippen LogP contribution in [0.2, 0.25) is 10.0 Å². The molecule has 0 spiro atoms. The van der Waals surface area contributed by atoms with Gasteiger partial charge in [-0.05, 0) is 30.5 Å². The highest BCUT2D eigenvalue weighted by molar-refractivity contribution is 7.91. The number of halogens is 2. The molecule has 1 aromatic carbocycles. The molecule has 2 heterocycles. The molecule has 2 atom stereocenters. The van der Waals surface area contributed by atoms with Crippen LogP contribution in [0.3, 0.4) is 0 Å². The second-order valence-electron chi connectivity index (χ2n) is 6.78. The third kappa shape index (κ3) is 4.50. The predicted molar refractivity (Wildman–Crippen MR) is 100 cm³/mol. The van der Waals surface area contributed by atoms with E-state index in [4.69, 9.17) is 23.2 Å². The number of carbonyl (C=O) groups is 2. The zero-order valence-corrected chi connectivity index (χ0v) is 16.4. The normalized spacial score (nSPS) is 24.8. The lowest BCUT2D eigenvalue weighted by molar-refractivity contribution is -0.130. The largest absolute Gasteiger partial charge is 0.355 e. The van der Waals surface area contributed by atoms with Crippen LogP contribution in [-0.2, 0) is 25.8 Å². The minimum absolute atomic E-state index is 0.00213. The zero-order chi connectivity index (χ0) is 18.9. The molecule has 2 amide bonds. The molecule has 1 aromatic rings. The Morgan fingerprint density at radius 2 is 2.08 bits per heavy atom. The van der Waals surface area contributed by atoms with Gasteiger partial charge in [-0.15, -0.1) is 0 Å². The molecule has 0 bridgehead atoms. The van der Waals surface area contributed by atoms with Crippen molar-refractivity contribution in [1.82, 2.24) is 10.2 Å². The lowest BCUT2D eigenvalue weighted by Gasteiger charge is -2.22. The minimum Gasteiger partial charge on any atom is -0.355 e. The summed E-state index contributed by atoms with van der Waals surface area (Å²) in [7, 11) is -3.06. The number of likely N-dealkylation sites (tertiary alicyclic amines) is 1. The van der Waals surface area contributed by atoms with Gasteiger partial charge in [-0.1, -0.05) is 29.3 Å². The van der Waals surface area contributed by atoms with Gasteiger partial charge in [0.25, 0.3) is 0 Å². The number of nitrogens with one attached hydrogen (secondary N) is 1. The van der Waals surface area contributed by atoms with Gasteiger partial charge in [-0.3, -0.25) is 9.59 Å². The second-order valence-corrected chi connectivity index (χ2v) is 9.85. The Bertz CT molecular complexity index is 828.